The molecule has 1 aromatic carbocycles. The Labute approximate surface area is 85.7 Å². The second kappa shape index (κ2) is 3.91. The zero-order valence-electron chi connectivity index (χ0n) is 9.29. The maximum Gasteiger partial charge on any atom is 0.225 e. The van der Waals surface area contributed by atoms with Gasteiger partial charge in [0.05, 0.1) is 0 Å². The Bertz CT molecular complexity index is 293. The molecule has 0 radical (unpaired) electrons. The minimum absolute atomic E-state index is 0.0891. The Kier molecular flexibility index (Phi) is 3.04. The molecule has 0 fully saturated rings. The number of hydrogen-bond acceptors (Lipinski definition) is 1. The molecule has 0 saturated heterocycles. The lowest BCUT2D eigenvalue weighted by molar-refractivity contribution is -0.129. The van der Waals surface area contributed by atoms with Crippen LogP contribution in [0.4, 0.5) is 0 Å². The van der Waals surface area contributed by atoms with Crippen LogP contribution in [-0.2, 0) is 4.79 Å². The van der Waals surface area contributed by atoms with Crippen molar-refractivity contribution in [1.82, 2.24) is 5.32 Å². The van der Waals surface area contributed by atoms with Gasteiger partial charge >= 0.3 is 0 Å². The summed E-state index contributed by atoms with van der Waals surface area (Å²) in [4.78, 5) is 11.7. The molecule has 0 unspecified atom stereocenters. The summed E-state index contributed by atoms with van der Waals surface area (Å²) in [6, 6.07) is 8.10. The second-order valence-electron chi connectivity index (χ2n) is 4.66. The highest BCUT2D eigenvalue weighted by atomic mass is 16.2. The Morgan fingerprint density at radius 3 is 2.57 bits per heavy atom. The molecule has 1 aromatic rings. The van der Waals surface area contributed by atoms with Crippen LogP contribution >= 0.6 is 0 Å². The lowest BCUT2D eigenvalue weighted by Crippen LogP contribution is -2.36. The molecule has 0 bridgehead atoms. The normalized spacial score (nSPS) is 13.7. The third kappa shape index (κ3) is 2.66. The van der Waals surface area contributed by atoms with E-state index in [-0.39, 0.29) is 17.4 Å². The highest BCUT2D eigenvalue weighted by Gasteiger charge is 2.21. The van der Waals surface area contributed by atoms with E-state index in [0.29, 0.717) is 0 Å². The molecule has 1 amide bonds. The molecule has 2 heteroatoms. The predicted molar refractivity (Wildman–Crippen MR) is 58.0 cm³/mol. The van der Waals surface area contributed by atoms with E-state index in [9.17, 15) is 4.79 Å². The van der Waals surface area contributed by atoms with Gasteiger partial charge in [0.15, 0.2) is 0 Å². The molecule has 0 aliphatic rings. The van der Waals surface area contributed by atoms with Gasteiger partial charge in [-0.25, -0.2) is 12.1 Å². The number of rotatable bonds is 2. The van der Waals surface area contributed by atoms with Crippen LogP contribution in [0.2, 0.25) is 0 Å². The van der Waals surface area contributed by atoms with E-state index in [0.717, 1.165) is 5.56 Å². The van der Waals surface area contributed by atoms with Gasteiger partial charge in [-0.05, 0) is 6.92 Å². The van der Waals surface area contributed by atoms with Crippen LogP contribution in [-0.4, -0.2) is 5.91 Å². The molecule has 0 aliphatic carbocycles. The molecule has 1 rings (SSSR count). The summed E-state index contributed by atoms with van der Waals surface area (Å²) >= 11 is 0. The third-order valence-electron chi connectivity index (χ3n) is 2.22. The van der Waals surface area contributed by atoms with Gasteiger partial charge in [0.25, 0.3) is 0 Å². The van der Waals surface area contributed by atoms with Gasteiger partial charge in [0.1, 0.15) is 0 Å². The summed E-state index contributed by atoms with van der Waals surface area (Å²) in [5, 5.41) is 2.98. The van der Waals surface area contributed by atoms with Crippen molar-refractivity contribution < 1.29 is 4.79 Å². The van der Waals surface area contributed by atoms with E-state index >= 15 is 0 Å². The van der Waals surface area contributed by atoms with E-state index in [2.05, 4.69) is 5.32 Å². The van der Waals surface area contributed by atoms with E-state index in [1.54, 1.807) is 0 Å². The molecule has 0 aromatic heterocycles. The van der Waals surface area contributed by atoms with Gasteiger partial charge in [0.2, 0.25) is 5.91 Å². The van der Waals surface area contributed by atoms with Crippen molar-refractivity contribution in [3.8, 4) is 0 Å². The maximum atomic E-state index is 11.7. The third-order valence-corrected chi connectivity index (χ3v) is 2.22. The zero-order valence-corrected chi connectivity index (χ0v) is 9.29. The minimum atomic E-state index is -0.319. The first-order valence-electron chi connectivity index (χ1n) is 4.94. The van der Waals surface area contributed by atoms with Crippen LogP contribution in [0.3, 0.4) is 0 Å². The molecule has 0 spiro atoms. The van der Waals surface area contributed by atoms with Gasteiger partial charge in [-0.2, -0.15) is 12.1 Å². The van der Waals surface area contributed by atoms with Crippen LogP contribution in [0.1, 0.15) is 39.3 Å². The topological polar surface area (TPSA) is 29.1 Å². The van der Waals surface area contributed by atoms with Crippen LogP contribution in [0.5, 0.6) is 0 Å². The largest absolute Gasteiger partial charge is 0.351 e. The Morgan fingerprint density at radius 2 is 2.14 bits per heavy atom. The highest BCUT2D eigenvalue weighted by Crippen LogP contribution is 2.17. The smallest absolute Gasteiger partial charge is 0.225 e. The Hall–Kier alpha value is -1.18. The molecule has 78 valence electrons. The predicted octanol–water partition coefficient (Wildman–Crippen LogP) is 2.63. The molecule has 0 heterocycles. The summed E-state index contributed by atoms with van der Waals surface area (Å²) in [6.45, 7) is 7.75. The van der Waals surface area contributed by atoms with Gasteiger partial charge in [0, 0.05) is 11.5 Å². The summed E-state index contributed by atoms with van der Waals surface area (Å²) in [5.41, 5.74) is 0.837. The minimum Gasteiger partial charge on any atom is -0.351 e. The fourth-order valence-electron chi connectivity index (χ4n) is 1.17. The van der Waals surface area contributed by atoms with Crippen LogP contribution in [0.15, 0.2) is 24.3 Å². The molecular weight excluding hydrogens is 174 g/mol. The SMILES string of the molecule is C[C@@H](NC(=O)C(C)(C)C)c1ccc[cH-]1. The zero-order chi connectivity index (χ0) is 10.8. The van der Waals surface area contributed by atoms with Crippen LogP contribution < -0.4 is 5.32 Å². The highest BCUT2D eigenvalue weighted by molar-refractivity contribution is 5.81. The Morgan fingerprint density at radius 1 is 1.50 bits per heavy atom. The molecule has 1 atom stereocenters. The number of nitrogens with one attached hydrogen (secondary N) is 1. The molecule has 14 heavy (non-hydrogen) atoms. The number of carbonyl (C=O) groups is 1. The lowest BCUT2D eigenvalue weighted by Gasteiger charge is -2.23. The quantitative estimate of drug-likeness (QED) is 0.717. The van der Waals surface area contributed by atoms with Gasteiger partial charge in [-0.15, -0.1) is 5.56 Å². The van der Waals surface area contributed by atoms with Crippen molar-refractivity contribution in [3.05, 3.63) is 29.8 Å². The van der Waals surface area contributed by atoms with E-state index in [1.807, 2.05) is 52.0 Å². The van der Waals surface area contributed by atoms with Crippen molar-refractivity contribution in [2.75, 3.05) is 0 Å². The number of hydrogen-bond donors (Lipinski definition) is 1. The average molecular weight is 192 g/mol. The Balaban J connectivity index is 2.58. The number of amides is 1. The van der Waals surface area contributed by atoms with E-state index in [1.165, 1.54) is 0 Å². The van der Waals surface area contributed by atoms with Gasteiger partial charge < -0.3 is 5.32 Å². The van der Waals surface area contributed by atoms with Crippen molar-refractivity contribution >= 4 is 5.91 Å². The average Bonchev–Trinajstić information content (AvgIpc) is 2.53. The molecule has 0 saturated carbocycles. The fourth-order valence-corrected chi connectivity index (χ4v) is 1.17. The summed E-state index contributed by atoms with van der Waals surface area (Å²) in [6.07, 6.45) is 0. The summed E-state index contributed by atoms with van der Waals surface area (Å²) in [7, 11) is 0. The summed E-state index contributed by atoms with van der Waals surface area (Å²) < 4.78 is 0. The first kappa shape index (κ1) is 10.9. The monoisotopic (exact) mass is 192 g/mol. The second-order valence-corrected chi connectivity index (χ2v) is 4.66. The van der Waals surface area contributed by atoms with Crippen LogP contribution in [0, 0.1) is 5.41 Å². The number of carbonyl (C=O) groups excluding carboxylic acids is 1. The van der Waals surface area contributed by atoms with Crippen molar-refractivity contribution in [2.24, 2.45) is 5.41 Å². The van der Waals surface area contributed by atoms with Crippen molar-refractivity contribution in [2.45, 2.75) is 33.7 Å². The molecular formula is C12H18NO-. The van der Waals surface area contributed by atoms with E-state index in [4.69, 9.17) is 0 Å². The summed E-state index contributed by atoms with van der Waals surface area (Å²) in [5.74, 6) is 0.0891. The van der Waals surface area contributed by atoms with E-state index < -0.39 is 0 Å². The van der Waals surface area contributed by atoms with Gasteiger partial charge in [-0.1, -0.05) is 20.8 Å². The maximum absolute atomic E-state index is 11.7. The first-order chi connectivity index (χ1) is 6.41. The van der Waals surface area contributed by atoms with Crippen molar-refractivity contribution in [3.63, 3.8) is 0 Å². The molecule has 0 aliphatic heterocycles. The lowest BCUT2D eigenvalue weighted by atomic mass is 9.95. The van der Waals surface area contributed by atoms with Crippen molar-refractivity contribution in [1.29, 1.82) is 0 Å². The van der Waals surface area contributed by atoms with Gasteiger partial charge in [-0.3, -0.25) is 4.79 Å². The fraction of sp³-hybridized carbons (Fsp3) is 0.500. The molecule has 2 nitrogen and oxygen atoms in total. The molecule has 1 N–H and O–H groups in total. The standard InChI is InChI=1S/C12H18NO/c1-9(10-7-5-6-8-10)13-11(14)12(2,3)4/h5-9H,1-4H3,(H,13,14)/q-1/t9-/m1/s1. The first-order valence-corrected chi connectivity index (χ1v) is 4.94. The van der Waals surface area contributed by atoms with Crippen LogP contribution in [0.25, 0.3) is 0 Å².